The molecule has 1 aliphatic heterocycles. The molecule has 10 heteroatoms. The van der Waals surface area contributed by atoms with Gasteiger partial charge in [-0.3, -0.25) is 9.78 Å². The first kappa shape index (κ1) is 27.9. The third-order valence-electron chi connectivity index (χ3n) is 7.11. The minimum Gasteiger partial charge on any atom is -0.497 e. The molecule has 0 spiro atoms. The van der Waals surface area contributed by atoms with Crippen molar-refractivity contribution in [3.63, 3.8) is 0 Å². The lowest BCUT2D eigenvalue weighted by Gasteiger charge is -2.29. The van der Waals surface area contributed by atoms with E-state index in [1.54, 1.807) is 47.4 Å². The highest BCUT2D eigenvalue weighted by Crippen LogP contribution is 2.43. The number of pyridine rings is 1. The highest BCUT2D eigenvalue weighted by atomic mass is 16.6. The summed E-state index contributed by atoms with van der Waals surface area (Å²) in [6, 6.07) is 14.7. The lowest BCUT2D eigenvalue weighted by Crippen LogP contribution is -2.44. The number of carbonyl (C=O) groups excluding carboxylic acids is 2. The molecule has 0 aliphatic carbocycles. The zero-order chi connectivity index (χ0) is 29.2. The molecular weight excluding hydrogens is 524 g/mol. The minimum absolute atomic E-state index is 0.166. The third kappa shape index (κ3) is 5.68. The van der Waals surface area contributed by atoms with E-state index in [1.807, 2.05) is 48.5 Å². The molecular formula is C31H34N4O6. The summed E-state index contributed by atoms with van der Waals surface area (Å²) in [7, 11) is 3.19. The van der Waals surface area contributed by atoms with E-state index in [0.29, 0.717) is 46.8 Å². The lowest BCUT2D eigenvalue weighted by molar-refractivity contribution is -0.131. The highest BCUT2D eigenvalue weighted by Gasteiger charge is 2.52. The van der Waals surface area contributed by atoms with E-state index in [1.165, 1.54) is 4.90 Å². The Morgan fingerprint density at radius 1 is 1.00 bits per heavy atom. The largest absolute Gasteiger partial charge is 0.497 e. The smallest absolute Gasteiger partial charge is 0.417 e. The average Bonchev–Trinajstić information content (AvgIpc) is 3.53. The maximum Gasteiger partial charge on any atom is 0.417 e. The number of rotatable bonds is 8. The number of imide groups is 1. The summed E-state index contributed by atoms with van der Waals surface area (Å²) >= 11 is 0. The molecule has 214 valence electrons. The molecule has 2 aromatic carbocycles. The second-order valence-electron chi connectivity index (χ2n) is 11.0. The van der Waals surface area contributed by atoms with E-state index >= 15 is 0 Å². The fourth-order valence-corrected chi connectivity index (χ4v) is 5.18. The number of H-pyrrole nitrogens is 1. The Kier molecular flexibility index (Phi) is 7.57. The number of likely N-dealkylation sites (tertiary alicyclic amines) is 1. The van der Waals surface area contributed by atoms with Gasteiger partial charge in [0, 0.05) is 18.9 Å². The van der Waals surface area contributed by atoms with Gasteiger partial charge in [-0.15, -0.1) is 0 Å². The Hall–Kier alpha value is -4.60. The second-order valence-corrected chi connectivity index (χ2v) is 11.0. The molecule has 1 unspecified atom stereocenters. The summed E-state index contributed by atoms with van der Waals surface area (Å²) in [5.41, 5.74) is 1.06. The van der Waals surface area contributed by atoms with Gasteiger partial charge in [0.1, 0.15) is 40.8 Å². The average molecular weight is 559 g/mol. The highest BCUT2D eigenvalue weighted by molar-refractivity contribution is 6.03. The van der Waals surface area contributed by atoms with Gasteiger partial charge in [0.25, 0.3) is 0 Å². The van der Waals surface area contributed by atoms with E-state index < -0.39 is 17.1 Å². The number of methoxy groups -OCH3 is 2. The molecule has 4 aromatic rings. The van der Waals surface area contributed by atoms with Crippen LogP contribution in [0.1, 0.15) is 44.1 Å². The maximum absolute atomic E-state index is 14.2. The zero-order valence-electron chi connectivity index (χ0n) is 23.9. The predicted molar refractivity (Wildman–Crippen MR) is 152 cm³/mol. The summed E-state index contributed by atoms with van der Waals surface area (Å²) in [6.07, 6.45) is 3.50. The van der Waals surface area contributed by atoms with Crippen molar-refractivity contribution < 1.29 is 28.5 Å². The molecule has 10 nitrogen and oxygen atoms in total. The Morgan fingerprint density at radius 3 is 2.37 bits per heavy atom. The SMILES string of the molecule is COc1ccc(OCc2nc3c(C4(Cc5ccncc5)CCN(C(=O)OC(C)(C)C)C4=O)ccc(OC)c3[nH]2)cc1. The van der Waals surface area contributed by atoms with Crippen molar-refractivity contribution in [3.05, 3.63) is 77.9 Å². The fourth-order valence-electron chi connectivity index (χ4n) is 5.18. The number of imidazole rings is 1. The van der Waals surface area contributed by atoms with Crippen molar-refractivity contribution in [1.29, 1.82) is 0 Å². The van der Waals surface area contributed by atoms with Gasteiger partial charge in [0.2, 0.25) is 5.91 Å². The van der Waals surface area contributed by atoms with Crippen LogP contribution in [-0.4, -0.2) is 58.2 Å². The maximum atomic E-state index is 14.2. The van der Waals surface area contributed by atoms with Crippen molar-refractivity contribution in [2.24, 2.45) is 0 Å². The summed E-state index contributed by atoms with van der Waals surface area (Å²) in [5.74, 6) is 2.22. The van der Waals surface area contributed by atoms with Crippen LogP contribution in [0.15, 0.2) is 60.9 Å². The third-order valence-corrected chi connectivity index (χ3v) is 7.11. The number of nitrogens with one attached hydrogen (secondary N) is 1. The van der Waals surface area contributed by atoms with Crippen molar-refractivity contribution >= 4 is 23.0 Å². The molecule has 0 saturated carbocycles. The molecule has 1 N–H and O–H groups in total. The van der Waals surface area contributed by atoms with Gasteiger partial charge in [-0.2, -0.15) is 0 Å². The van der Waals surface area contributed by atoms with E-state index in [2.05, 4.69) is 9.97 Å². The number of nitrogens with zero attached hydrogens (tertiary/aromatic N) is 3. The van der Waals surface area contributed by atoms with Crippen LogP contribution in [0.25, 0.3) is 11.0 Å². The van der Waals surface area contributed by atoms with Gasteiger partial charge in [-0.05, 0) is 87.2 Å². The standard InChI is InChI=1S/C31H34N4O6/c1-30(2,3)41-29(37)35-17-14-31(28(35)36,18-20-12-15-32-16-13-20)23-10-11-24(39-5)27-26(23)33-25(34-27)19-40-22-8-6-21(38-4)7-9-22/h6-13,15-16H,14,17-19H2,1-5H3,(H,33,34). The number of benzene rings is 2. The van der Waals surface area contributed by atoms with Crippen LogP contribution in [-0.2, 0) is 28.0 Å². The Bertz CT molecular complexity index is 1540. The van der Waals surface area contributed by atoms with E-state index in [4.69, 9.17) is 23.9 Å². The van der Waals surface area contributed by atoms with Crippen LogP contribution in [0, 0.1) is 0 Å². The van der Waals surface area contributed by atoms with Gasteiger partial charge in [-0.1, -0.05) is 6.07 Å². The van der Waals surface area contributed by atoms with Crippen LogP contribution >= 0.6 is 0 Å². The van der Waals surface area contributed by atoms with Crippen molar-refractivity contribution in [3.8, 4) is 17.2 Å². The van der Waals surface area contributed by atoms with Crippen LogP contribution < -0.4 is 14.2 Å². The normalized spacial score (nSPS) is 17.1. The van der Waals surface area contributed by atoms with Crippen molar-refractivity contribution in [2.75, 3.05) is 20.8 Å². The zero-order valence-corrected chi connectivity index (χ0v) is 23.9. The lowest BCUT2D eigenvalue weighted by atomic mass is 9.73. The summed E-state index contributed by atoms with van der Waals surface area (Å²) < 4.78 is 22.4. The molecule has 5 rings (SSSR count). The Labute approximate surface area is 238 Å². The van der Waals surface area contributed by atoms with Crippen LogP contribution in [0.2, 0.25) is 0 Å². The number of ether oxygens (including phenoxy) is 4. The Morgan fingerprint density at radius 2 is 1.71 bits per heavy atom. The quantitative estimate of drug-likeness (QED) is 0.314. The Balaban J connectivity index is 1.55. The molecule has 0 bridgehead atoms. The number of aromatic amines is 1. The number of carbonyl (C=O) groups is 2. The number of aromatic nitrogens is 3. The summed E-state index contributed by atoms with van der Waals surface area (Å²) in [6.45, 7) is 5.73. The number of hydrogen-bond donors (Lipinski definition) is 1. The van der Waals surface area contributed by atoms with E-state index in [9.17, 15) is 9.59 Å². The van der Waals surface area contributed by atoms with Gasteiger partial charge >= 0.3 is 6.09 Å². The molecule has 1 aliphatic rings. The van der Waals surface area contributed by atoms with Gasteiger partial charge in [-0.25, -0.2) is 14.7 Å². The monoisotopic (exact) mass is 558 g/mol. The first-order valence-corrected chi connectivity index (χ1v) is 13.4. The fraction of sp³-hybridized carbons (Fsp3) is 0.355. The molecule has 2 amide bonds. The topological polar surface area (TPSA) is 116 Å². The molecule has 1 fully saturated rings. The van der Waals surface area contributed by atoms with E-state index in [-0.39, 0.29) is 19.1 Å². The second kappa shape index (κ2) is 11.1. The number of amides is 2. The number of fused-ring (bicyclic) bond motifs is 1. The molecule has 1 atom stereocenters. The first-order chi connectivity index (χ1) is 19.6. The molecule has 41 heavy (non-hydrogen) atoms. The molecule has 0 radical (unpaired) electrons. The molecule has 2 aromatic heterocycles. The van der Waals surface area contributed by atoms with Gasteiger partial charge in [0.15, 0.2) is 0 Å². The van der Waals surface area contributed by atoms with Crippen LogP contribution in [0.3, 0.4) is 0 Å². The predicted octanol–water partition coefficient (Wildman–Crippen LogP) is 5.20. The molecule has 1 saturated heterocycles. The van der Waals surface area contributed by atoms with Crippen molar-refractivity contribution in [2.45, 2.75) is 51.2 Å². The van der Waals surface area contributed by atoms with Gasteiger partial charge < -0.3 is 23.9 Å². The van der Waals surface area contributed by atoms with Gasteiger partial charge in [0.05, 0.1) is 25.2 Å². The molecule has 3 heterocycles. The summed E-state index contributed by atoms with van der Waals surface area (Å²) in [5, 5.41) is 0. The first-order valence-electron chi connectivity index (χ1n) is 13.4. The van der Waals surface area contributed by atoms with Crippen LogP contribution in [0.4, 0.5) is 4.79 Å². The minimum atomic E-state index is -1.06. The summed E-state index contributed by atoms with van der Waals surface area (Å²) in [4.78, 5) is 40.8. The van der Waals surface area contributed by atoms with E-state index in [0.717, 1.165) is 11.3 Å². The number of hydrogen-bond acceptors (Lipinski definition) is 8. The van der Waals surface area contributed by atoms with Crippen LogP contribution in [0.5, 0.6) is 17.2 Å². The van der Waals surface area contributed by atoms with Crippen molar-refractivity contribution in [1.82, 2.24) is 19.9 Å².